The fourth-order valence-corrected chi connectivity index (χ4v) is 6.69. The van der Waals surface area contributed by atoms with Crippen LogP contribution in [0.25, 0.3) is 11.6 Å². The number of nitrogens with zero attached hydrogens (tertiary/aromatic N) is 1. The van der Waals surface area contributed by atoms with Gasteiger partial charge >= 0.3 is 5.97 Å². The fraction of sp³-hybridized carbons (Fsp3) is 0.424. The van der Waals surface area contributed by atoms with Crippen LogP contribution in [0.3, 0.4) is 0 Å². The van der Waals surface area contributed by atoms with Crippen LogP contribution in [0.15, 0.2) is 65.7 Å². The first-order chi connectivity index (χ1) is 19.3. The maximum absolute atomic E-state index is 13.5. The predicted octanol–water partition coefficient (Wildman–Crippen LogP) is 5.69. The Labute approximate surface area is 235 Å². The number of hydrogen-bond acceptors (Lipinski definition) is 5. The van der Waals surface area contributed by atoms with Gasteiger partial charge < -0.3 is 14.9 Å². The number of phenolic OH excluding ortho intramolecular Hbond substituents is 1. The van der Waals surface area contributed by atoms with Gasteiger partial charge in [-0.1, -0.05) is 60.5 Å². The molecule has 2 aromatic carbocycles. The maximum Gasteiger partial charge on any atom is 0.303 e. The van der Waals surface area contributed by atoms with E-state index in [-0.39, 0.29) is 47.8 Å². The lowest BCUT2D eigenvalue weighted by Crippen LogP contribution is -2.34. The Bertz CT molecular complexity index is 1330. The van der Waals surface area contributed by atoms with E-state index in [0.29, 0.717) is 38.8 Å². The number of rotatable bonds is 11. The normalized spacial score (nSPS) is 24.4. The molecule has 0 saturated carbocycles. The average molecular weight is 544 g/mol. The number of benzene rings is 2. The predicted molar refractivity (Wildman–Crippen MR) is 152 cm³/mol. The molecule has 0 radical (unpaired) electrons. The summed E-state index contributed by atoms with van der Waals surface area (Å²) in [7, 11) is 0. The fourth-order valence-electron chi connectivity index (χ4n) is 6.69. The van der Waals surface area contributed by atoms with Crippen LogP contribution in [0, 0.1) is 17.8 Å². The summed E-state index contributed by atoms with van der Waals surface area (Å²) in [5, 5.41) is 18.8. The molecule has 2 heterocycles. The number of amides is 2. The second-order valence-corrected chi connectivity index (χ2v) is 11.2. The molecule has 2 amide bonds. The Hall–Kier alpha value is -3.71. The largest absolute Gasteiger partial charge is 0.508 e. The van der Waals surface area contributed by atoms with Crippen LogP contribution < -0.4 is 0 Å². The Kier molecular flexibility index (Phi) is 8.50. The van der Waals surface area contributed by atoms with Crippen LogP contribution in [0.1, 0.15) is 63.0 Å². The molecule has 1 aliphatic carbocycles. The van der Waals surface area contributed by atoms with Gasteiger partial charge in [0, 0.05) is 18.9 Å². The van der Waals surface area contributed by atoms with Gasteiger partial charge in [-0.2, -0.15) is 0 Å². The average Bonchev–Trinajstić information content (AvgIpc) is 3.46. The number of phenols is 1. The zero-order valence-electron chi connectivity index (χ0n) is 22.9. The summed E-state index contributed by atoms with van der Waals surface area (Å²) in [4.78, 5) is 38.9. The molecule has 2 aromatic rings. The van der Waals surface area contributed by atoms with Crippen LogP contribution >= 0.6 is 0 Å². The van der Waals surface area contributed by atoms with E-state index in [1.54, 1.807) is 12.1 Å². The van der Waals surface area contributed by atoms with Crippen molar-refractivity contribution in [1.29, 1.82) is 0 Å². The summed E-state index contributed by atoms with van der Waals surface area (Å²) in [5.41, 5.74) is 5.54. The number of carboxylic acid groups (broad SMARTS) is 1. The Balaban J connectivity index is 1.28. The number of imide groups is 1. The number of carbonyl (C=O) groups excluding carboxylic acids is 2. The molecule has 5 rings (SSSR count). The molecule has 2 aliphatic heterocycles. The Morgan fingerprint density at radius 2 is 1.80 bits per heavy atom. The summed E-state index contributed by atoms with van der Waals surface area (Å²) < 4.78 is 6.33. The van der Waals surface area contributed by atoms with Crippen LogP contribution in [-0.4, -0.2) is 52.2 Å². The first-order valence-electron chi connectivity index (χ1n) is 14.3. The molecule has 2 N–H and O–H groups in total. The highest BCUT2D eigenvalue weighted by Gasteiger charge is 2.56. The molecule has 4 atom stereocenters. The molecule has 7 heteroatoms. The molecule has 7 nitrogen and oxygen atoms in total. The molecule has 210 valence electrons. The van der Waals surface area contributed by atoms with Crippen molar-refractivity contribution in [2.45, 2.75) is 58.0 Å². The van der Waals surface area contributed by atoms with Gasteiger partial charge in [0.2, 0.25) is 11.8 Å². The first-order valence-corrected chi connectivity index (χ1v) is 14.3. The van der Waals surface area contributed by atoms with Gasteiger partial charge in [-0.05, 0) is 73.4 Å². The van der Waals surface area contributed by atoms with E-state index >= 15 is 0 Å². The van der Waals surface area contributed by atoms with Crippen molar-refractivity contribution in [3.63, 3.8) is 0 Å². The number of aromatic hydroxyl groups is 1. The van der Waals surface area contributed by atoms with E-state index in [0.717, 1.165) is 35.1 Å². The number of carbonyl (C=O) groups is 3. The summed E-state index contributed by atoms with van der Waals surface area (Å²) in [6.45, 7) is 2.88. The van der Waals surface area contributed by atoms with Gasteiger partial charge in [0.15, 0.2) is 0 Å². The van der Waals surface area contributed by atoms with Gasteiger partial charge in [0.1, 0.15) is 5.75 Å². The number of unbranched alkanes of at least 4 members (excludes halogenated alkanes) is 2. The number of fused-ring (bicyclic) bond motifs is 3. The monoisotopic (exact) mass is 543 g/mol. The lowest BCUT2D eigenvalue weighted by molar-refractivity contribution is -0.141. The quantitative estimate of drug-likeness (QED) is 0.163. The molecule has 0 bridgehead atoms. The van der Waals surface area contributed by atoms with E-state index in [1.807, 2.05) is 30.3 Å². The van der Waals surface area contributed by atoms with Gasteiger partial charge in [-0.25, -0.2) is 0 Å². The summed E-state index contributed by atoms with van der Waals surface area (Å²) in [5.74, 6) is -1.55. The minimum absolute atomic E-state index is 0.0764. The molecule has 0 aromatic heterocycles. The van der Waals surface area contributed by atoms with Crippen molar-refractivity contribution < 1.29 is 29.3 Å². The summed E-state index contributed by atoms with van der Waals surface area (Å²) in [6, 6.07) is 17.4. The SMILES string of the molecule is CC1=C2[C@@H](CC/C(=C/c3cccc(O)c3)c3ccccc3)OC[C@@H]2[C@@H]2C(=O)N(CCCCCC(=O)O)C(=O)[C@@H]2C1. The molecule has 0 unspecified atom stereocenters. The highest BCUT2D eigenvalue weighted by molar-refractivity contribution is 6.06. The van der Waals surface area contributed by atoms with Crippen LogP contribution in [0.4, 0.5) is 0 Å². The lowest BCUT2D eigenvalue weighted by atomic mass is 9.70. The highest BCUT2D eigenvalue weighted by Crippen LogP contribution is 2.50. The first kappa shape index (κ1) is 27.8. The van der Waals surface area contributed by atoms with Gasteiger partial charge in [-0.3, -0.25) is 19.3 Å². The Morgan fingerprint density at radius 3 is 2.55 bits per heavy atom. The molecular weight excluding hydrogens is 506 g/mol. The molecule has 2 saturated heterocycles. The second-order valence-electron chi connectivity index (χ2n) is 11.2. The van der Waals surface area contributed by atoms with Gasteiger partial charge in [0.25, 0.3) is 0 Å². The summed E-state index contributed by atoms with van der Waals surface area (Å²) >= 11 is 0. The van der Waals surface area contributed by atoms with Gasteiger partial charge in [-0.15, -0.1) is 0 Å². The third kappa shape index (κ3) is 5.89. The molecule has 0 spiro atoms. The standard InChI is InChI=1S/C33H37NO6/c1-21-17-26-31(33(39)34(32(26)38)16-7-3-6-13-29(36)37)27-20-40-28(30(21)27)15-14-24(23-10-4-2-5-11-23)18-22-9-8-12-25(35)19-22/h2,4-5,8-12,18-19,26-28,31,35H,3,6-7,13-17,20H2,1H3,(H,36,37)/b24-18-/t26-,27+,28-,31-/m1/s1. The van der Waals surface area contributed by atoms with Crippen LogP contribution in [-0.2, 0) is 19.1 Å². The number of carboxylic acids is 1. The van der Waals surface area contributed by atoms with Crippen molar-refractivity contribution in [2.24, 2.45) is 17.8 Å². The molecule has 3 aliphatic rings. The van der Waals surface area contributed by atoms with Crippen molar-refractivity contribution in [3.8, 4) is 5.75 Å². The van der Waals surface area contributed by atoms with Crippen molar-refractivity contribution in [3.05, 3.63) is 76.9 Å². The zero-order valence-corrected chi connectivity index (χ0v) is 22.9. The maximum atomic E-state index is 13.5. The van der Waals surface area contributed by atoms with Crippen molar-refractivity contribution >= 4 is 29.4 Å². The van der Waals surface area contributed by atoms with Crippen molar-refractivity contribution in [1.82, 2.24) is 4.90 Å². The molecule has 2 fully saturated rings. The minimum atomic E-state index is -0.824. The van der Waals surface area contributed by atoms with E-state index in [4.69, 9.17) is 9.84 Å². The third-order valence-corrected chi connectivity index (χ3v) is 8.55. The highest BCUT2D eigenvalue weighted by atomic mass is 16.5. The third-order valence-electron chi connectivity index (χ3n) is 8.55. The Morgan fingerprint density at radius 1 is 1.00 bits per heavy atom. The number of aliphatic carboxylic acids is 1. The number of ether oxygens (including phenoxy) is 1. The smallest absolute Gasteiger partial charge is 0.303 e. The topological polar surface area (TPSA) is 104 Å². The lowest BCUT2D eigenvalue weighted by Gasteiger charge is -2.30. The molecular formula is C33H37NO6. The van der Waals surface area contributed by atoms with E-state index in [1.165, 1.54) is 10.5 Å². The number of likely N-dealkylation sites (tertiary alicyclic amines) is 1. The minimum Gasteiger partial charge on any atom is -0.508 e. The molecule has 40 heavy (non-hydrogen) atoms. The number of allylic oxidation sites excluding steroid dienone is 2. The zero-order chi connectivity index (χ0) is 28.2. The summed E-state index contributed by atoms with van der Waals surface area (Å²) in [6.07, 6.45) is 6.06. The van der Waals surface area contributed by atoms with E-state index in [9.17, 15) is 19.5 Å². The number of hydrogen-bond donors (Lipinski definition) is 2. The van der Waals surface area contributed by atoms with Crippen LogP contribution in [0.2, 0.25) is 0 Å². The van der Waals surface area contributed by atoms with E-state index in [2.05, 4.69) is 25.1 Å². The van der Waals surface area contributed by atoms with Gasteiger partial charge in [0.05, 0.1) is 24.5 Å². The second kappa shape index (κ2) is 12.2. The van der Waals surface area contributed by atoms with Crippen LogP contribution in [0.5, 0.6) is 5.75 Å². The van der Waals surface area contributed by atoms with E-state index < -0.39 is 5.97 Å². The van der Waals surface area contributed by atoms with Crippen molar-refractivity contribution in [2.75, 3.05) is 13.2 Å².